The molecule has 3 aromatic rings. The molecular formula is C29H35N5O10. The summed E-state index contributed by atoms with van der Waals surface area (Å²) >= 11 is 0. The fraction of sp³-hybridized carbons (Fsp3) is 0.448. The van der Waals surface area contributed by atoms with Crippen molar-refractivity contribution in [2.75, 3.05) is 18.7 Å². The highest BCUT2D eigenvalue weighted by Gasteiger charge is 2.56. The number of aliphatic hydroxyl groups excluding tert-OH is 1. The Morgan fingerprint density at radius 2 is 1.84 bits per heavy atom. The number of aliphatic hydroxyl groups is 1. The summed E-state index contributed by atoms with van der Waals surface area (Å²) in [5.41, 5.74) is 5.82. The highest BCUT2D eigenvalue weighted by molar-refractivity contribution is 5.88. The molecule has 0 aliphatic carbocycles. The van der Waals surface area contributed by atoms with Gasteiger partial charge in [-0.1, -0.05) is 44.2 Å². The maximum atomic E-state index is 12.9. The first-order chi connectivity index (χ1) is 20.9. The van der Waals surface area contributed by atoms with Crippen molar-refractivity contribution in [3.05, 3.63) is 60.0 Å². The van der Waals surface area contributed by atoms with Crippen LogP contribution in [0.1, 0.15) is 39.0 Å². The fourth-order valence-corrected chi connectivity index (χ4v) is 4.63. The molecule has 44 heavy (non-hydrogen) atoms. The Hall–Kier alpha value is -4.60. The molecule has 1 aliphatic rings. The van der Waals surface area contributed by atoms with Crippen molar-refractivity contribution in [3.63, 3.8) is 0 Å². The Balaban J connectivity index is 1.57. The number of amides is 1. The smallest absolute Gasteiger partial charge is 0.415 e. The molecule has 4 N–H and O–H groups in total. The quantitative estimate of drug-likeness (QED) is 0.159. The summed E-state index contributed by atoms with van der Waals surface area (Å²) in [4.78, 5) is 52.6. The van der Waals surface area contributed by atoms with E-state index >= 15 is 0 Å². The van der Waals surface area contributed by atoms with Gasteiger partial charge >= 0.3 is 24.0 Å². The Labute approximate surface area is 252 Å². The predicted molar refractivity (Wildman–Crippen MR) is 152 cm³/mol. The van der Waals surface area contributed by atoms with Gasteiger partial charge in [0.15, 0.2) is 11.9 Å². The van der Waals surface area contributed by atoms with Gasteiger partial charge in [0.25, 0.3) is 0 Å². The fourth-order valence-electron chi connectivity index (χ4n) is 4.63. The van der Waals surface area contributed by atoms with E-state index in [0.717, 1.165) is 11.9 Å². The number of nitrogens with zero attached hydrogens (tertiary/aromatic N) is 3. The second kappa shape index (κ2) is 13.8. The average Bonchev–Trinajstić information content (AvgIpc) is 3.52. The van der Waals surface area contributed by atoms with Gasteiger partial charge in [0.05, 0.1) is 12.1 Å². The lowest BCUT2D eigenvalue weighted by atomic mass is 9.93. The minimum absolute atomic E-state index is 0.00933. The van der Waals surface area contributed by atoms with Gasteiger partial charge in [0, 0.05) is 6.92 Å². The number of carbonyl (C=O) groups excluding carboxylic acids is 4. The van der Waals surface area contributed by atoms with Gasteiger partial charge in [-0.15, -0.1) is 0 Å². The van der Waals surface area contributed by atoms with E-state index in [0.29, 0.717) is 11.2 Å². The molecule has 236 valence electrons. The number of benzene rings is 1. The van der Waals surface area contributed by atoms with Crippen molar-refractivity contribution >= 4 is 35.3 Å². The van der Waals surface area contributed by atoms with Crippen LogP contribution in [-0.2, 0) is 50.1 Å². The lowest BCUT2D eigenvalue weighted by Crippen LogP contribution is -2.46. The van der Waals surface area contributed by atoms with Crippen molar-refractivity contribution in [2.24, 2.45) is 11.7 Å². The summed E-state index contributed by atoms with van der Waals surface area (Å²) in [5, 5.41) is 18.2. The number of nitrogens with two attached hydrogens (primary N) is 1. The van der Waals surface area contributed by atoms with E-state index in [1.807, 2.05) is 6.07 Å². The zero-order valence-corrected chi connectivity index (χ0v) is 24.7. The molecule has 0 unspecified atom stereocenters. The number of rotatable bonds is 11. The van der Waals surface area contributed by atoms with E-state index in [1.165, 1.54) is 11.4 Å². The normalized spacial score (nSPS) is 21.9. The van der Waals surface area contributed by atoms with E-state index in [2.05, 4.69) is 20.1 Å². The topological polar surface area (TPSA) is 203 Å². The summed E-state index contributed by atoms with van der Waals surface area (Å²) in [7, 11) is 0. The first-order valence-corrected chi connectivity index (χ1v) is 13.8. The van der Waals surface area contributed by atoms with E-state index < -0.39 is 60.7 Å². The van der Waals surface area contributed by atoms with Gasteiger partial charge in [-0.2, -0.15) is 5.10 Å². The Morgan fingerprint density at radius 3 is 2.52 bits per heavy atom. The lowest BCUT2D eigenvalue weighted by Gasteiger charge is -2.28. The minimum Gasteiger partial charge on any atom is -0.463 e. The van der Waals surface area contributed by atoms with Crippen LogP contribution in [0.5, 0.6) is 0 Å². The molecule has 15 heteroatoms. The standard InChI is InChI=1S/C29H35N5O10/c1-16(2)23(30)27(38)43-24-20(13-40-22(36)12-18-8-6-5-7-9-18)44-29(4,25(24)37)21-11-10-19-26(31-14-32-34(19)21)33-28(39)42-15-41-17(3)35/h5-11,14,16,20,23-25,37H,12-13,15,30H2,1-4H3,(H,31,32,33,39)/t20-,23+,24-,25-,29+/m1/s1. The number of hydrogen-bond acceptors (Lipinski definition) is 13. The monoisotopic (exact) mass is 613 g/mol. The molecule has 2 aromatic heterocycles. The van der Waals surface area contributed by atoms with Crippen LogP contribution in [0.4, 0.5) is 10.6 Å². The van der Waals surface area contributed by atoms with Gasteiger partial charge in [-0.05, 0) is 30.5 Å². The van der Waals surface area contributed by atoms with Crippen molar-refractivity contribution in [2.45, 2.75) is 64.1 Å². The van der Waals surface area contributed by atoms with E-state index in [9.17, 15) is 24.3 Å². The summed E-state index contributed by atoms with van der Waals surface area (Å²) in [5.74, 6) is -2.11. The van der Waals surface area contributed by atoms with Gasteiger partial charge in [-0.25, -0.2) is 14.3 Å². The molecule has 0 spiro atoms. The third-order valence-corrected chi connectivity index (χ3v) is 7.11. The molecule has 4 rings (SSSR count). The molecule has 1 aromatic carbocycles. The molecule has 15 nitrogen and oxygen atoms in total. The number of nitrogens with one attached hydrogen (secondary N) is 1. The SMILES string of the molecule is CC(=O)OCOC(=O)Nc1ncnn2c([C@]3(C)O[C@H](COC(=O)Cc4ccccc4)[C@@H](OC(=O)[C@@H](N)C(C)C)[C@H]3O)ccc12. The first kappa shape index (κ1) is 32.3. The third-order valence-electron chi connectivity index (χ3n) is 7.11. The first-order valence-electron chi connectivity index (χ1n) is 13.8. The Bertz CT molecular complexity index is 1500. The summed E-state index contributed by atoms with van der Waals surface area (Å²) in [6.45, 7) is 5.32. The molecule has 1 fully saturated rings. The molecule has 0 radical (unpaired) electrons. The Kier molecular flexibility index (Phi) is 10.1. The van der Waals surface area contributed by atoms with Crippen LogP contribution in [0.25, 0.3) is 5.52 Å². The van der Waals surface area contributed by atoms with Crippen LogP contribution in [0.15, 0.2) is 48.8 Å². The molecule has 1 aliphatic heterocycles. The number of anilines is 1. The van der Waals surface area contributed by atoms with Crippen LogP contribution >= 0.6 is 0 Å². The highest BCUT2D eigenvalue weighted by Crippen LogP contribution is 2.42. The maximum absolute atomic E-state index is 12.9. The van der Waals surface area contributed by atoms with Crippen LogP contribution in [-0.4, -0.2) is 81.5 Å². The van der Waals surface area contributed by atoms with E-state index in [-0.39, 0.29) is 24.8 Å². The average molecular weight is 614 g/mol. The molecule has 0 saturated carbocycles. The zero-order chi connectivity index (χ0) is 32.0. The van der Waals surface area contributed by atoms with E-state index in [4.69, 9.17) is 24.7 Å². The largest absolute Gasteiger partial charge is 0.463 e. The number of esters is 3. The molecule has 1 saturated heterocycles. The zero-order valence-electron chi connectivity index (χ0n) is 24.7. The second-order valence-corrected chi connectivity index (χ2v) is 10.7. The van der Waals surface area contributed by atoms with Crippen LogP contribution < -0.4 is 11.1 Å². The van der Waals surface area contributed by atoms with Crippen molar-refractivity contribution in [1.82, 2.24) is 14.6 Å². The summed E-state index contributed by atoms with van der Waals surface area (Å²) in [6, 6.07) is 11.2. The highest BCUT2D eigenvalue weighted by atomic mass is 16.7. The number of carbonyl (C=O) groups is 4. The van der Waals surface area contributed by atoms with E-state index in [1.54, 1.807) is 57.2 Å². The lowest BCUT2D eigenvalue weighted by molar-refractivity contribution is -0.162. The number of ether oxygens (including phenoxy) is 5. The number of hydrogen-bond donors (Lipinski definition) is 3. The van der Waals surface area contributed by atoms with Crippen LogP contribution in [0.2, 0.25) is 0 Å². The van der Waals surface area contributed by atoms with Gasteiger partial charge in [0.1, 0.15) is 42.3 Å². The van der Waals surface area contributed by atoms with Gasteiger partial charge < -0.3 is 34.5 Å². The second-order valence-electron chi connectivity index (χ2n) is 10.7. The van der Waals surface area contributed by atoms with Crippen LogP contribution in [0, 0.1) is 5.92 Å². The molecule has 3 heterocycles. The molecule has 1 amide bonds. The van der Waals surface area contributed by atoms with Gasteiger partial charge in [-0.3, -0.25) is 19.7 Å². The number of aromatic nitrogens is 3. The predicted octanol–water partition coefficient (Wildman–Crippen LogP) is 1.45. The van der Waals surface area contributed by atoms with Gasteiger partial charge in [0.2, 0.25) is 6.79 Å². The molecule has 5 atom stereocenters. The van der Waals surface area contributed by atoms with Crippen molar-refractivity contribution < 1.29 is 48.0 Å². The third kappa shape index (κ3) is 7.30. The maximum Gasteiger partial charge on any atom is 0.415 e. The minimum atomic E-state index is -1.54. The molecule has 0 bridgehead atoms. The summed E-state index contributed by atoms with van der Waals surface area (Å²) in [6.07, 6.45) is -3.56. The van der Waals surface area contributed by atoms with Crippen molar-refractivity contribution in [3.8, 4) is 0 Å². The summed E-state index contributed by atoms with van der Waals surface area (Å²) < 4.78 is 28.2. The molecular weight excluding hydrogens is 578 g/mol. The Morgan fingerprint density at radius 1 is 1.11 bits per heavy atom. The van der Waals surface area contributed by atoms with Crippen molar-refractivity contribution in [1.29, 1.82) is 0 Å². The number of fused-ring (bicyclic) bond motifs is 1. The van der Waals surface area contributed by atoms with Crippen LogP contribution in [0.3, 0.4) is 0 Å².